The molecule has 6 heteroatoms. The van der Waals surface area contributed by atoms with Gasteiger partial charge in [-0.05, 0) is 78.2 Å². The highest BCUT2D eigenvalue weighted by atomic mass is 16.6. The fourth-order valence-electron chi connectivity index (χ4n) is 3.30. The summed E-state index contributed by atoms with van der Waals surface area (Å²) in [6.45, 7) is 16.7. The van der Waals surface area contributed by atoms with E-state index >= 15 is 0 Å². The molecule has 0 aliphatic heterocycles. The summed E-state index contributed by atoms with van der Waals surface area (Å²) in [5.41, 5.74) is -0.409. The predicted octanol–water partition coefficient (Wildman–Crippen LogP) is 6.71. The lowest BCUT2D eigenvalue weighted by Crippen LogP contribution is -2.29. The van der Waals surface area contributed by atoms with Gasteiger partial charge in [0.25, 0.3) is 5.91 Å². The van der Waals surface area contributed by atoms with E-state index in [1.165, 1.54) is 17.1 Å². The average molecular weight is 498 g/mol. The monoisotopic (exact) mass is 497 g/mol. The van der Waals surface area contributed by atoms with E-state index in [0.717, 1.165) is 25.7 Å². The molecule has 6 nitrogen and oxygen atoms in total. The molecule has 0 spiro atoms. The van der Waals surface area contributed by atoms with Crippen LogP contribution in [0.5, 0.6) is 0 Å². The lowest BCUT2D eigenvalue weighted by molar-refractivity contribution is -0.153. The van der Waals surface area contributed by atoms with Gasteiger partial charge in [-0.3, -0.25) is 4.79 Å². The van der Waals surface area contributed by atoms with Crippen LogP contribution in [0.1, 0.15) is 80.6 Å². The van der Waals surface area contributed by atoms with Gasteiger partial charge in [0, 0.05) is 18.8 Å². The van der Waals surface area contributed by atoms with Crippen LogP contribution < -0.4 is 4.90 Å². The highest BCUT2D eigenvalue weighted by Gasteiger charge is 2.29. The molecular formula is C30H43NO5. The molecule has 0 bridgehead atoms. The summed E-state index contributed by atoms with van der Waals surface area (Å²) in [5.74, 6) is -1.75. The highest BCUT2D eigenvalue weighted by Crippen LogP contribution is 2.26. The van der Waals surface area contributed by atoms with Gasteiger partial charge in [0.15, 0.2) is 0 Å². The van der Waals surface area contributed by atoms with Crippen molar-refractivity contribution in [2.45, 2.75) is 91.8 Å². The minimum absolute atomic E-state index is 0.0436. The van der Waals surface area contributed by atoms with E-state index < -0.39 is 23.1 Å². The number of ether oxygens (including phenoxy) is 2. The molecule has 1 rings (SSSR count). The minimum Gasteiger partial charge on any atom is -0.456 e. The zero-order valence-corrected chi connectivity index (χ0v) is 23.3. The lowest BCUT2D eigenvalue weighted by atomic mass is 9.95. The molecule has 0 atom stereocenters. The summed E-state index contributed by atoms with van der Waals surface area (Å²) in [6.07, 6.45) is 7.07. The van der Waals surface area contributed by atoms with Crippen LogP contribution in [0, 0.1) is 0 Å². The molecule has 1 aromatic rings. The van der Waals surface area contributed by atoms with Crippen LogP contribution >= 0.6 is 0 Å². The molecule has 0 fully saturated rings. The van der Waals surface area contributed by atoms with Gasteiger partial charge in [0.2, 0.25) is 0 Å². The number of para-hydroxylation sites is 1. The molecule has 0 N–H and O–H groups in total. The fraction of sp³-hybridized carbons (Fsp3) is 0.500. The largest absolute Gasteiger partial charge is 0.456 e. The molecule has 1 amide bonds. The van der Waals surface area contributed by atoms with E-state index in [4.69, 9.17) is 9.47 Å². The Kier molecular flexibility index (Phi) is 11.8. The van der Waals surface area contributed by atoms with Crippen molar-refractivity contribution in [1.82, 2.24) is 0 Å². The first-order chi connectivity index (χ1) is 16.7. The Morgan fingerprint density at radius 2 is 1.42 bits per heavy atom. The third-order valence-electron chi connectivity index (χ3n) is 5.04. The molecular weight excluding hydrogens is 454 g/mol. The molecule has 0 unspecified atom stereocenters. The maximum Gasteiger partial charge on any atom is 0.339 e. The maximum atomic E-state index is 13.3. The second-order valence-electron chi connectivity index (χ2n) is 10.8. The molecule has 36 heavy (non-hydrogen) atoms. The van der Waals surface area contributed by atoms with Crippen LogP contribution in [0.2, 0.25) is 0 Å². The summed E-state index contributed by atoms with van der Waals surface area (Å²) in [6, 6.07) is 9.14. The van der Waals surface area contributed by atoms with Crippen molar-refractivity contribution in [3.8, 4) is 0 Å². The van der Waals surface area contributed by atoms with E-state index in [1.807, 2.05) is 18.2 Å². The Hall–Kier alpha value is -3.15. The van der Waals surface area contributed by atoms with Gasteiger partial charge in [0.05, 0.1) is 11.1 Å². The number of unbranched alkanes of at least 4 members (excludes halogenated alkanes) is 3. The van der Waals surface area contributed by atoms with Crippen molar-refractivity contribution < 1.29 is 23.9 Å². The third-order valence-corrected chi connectivity index (χ3v) is 5.04. The Labute approximate surface area is 217 Å². The SMILES string of the molecule is C=C(CCCCCC)/C(C(=O)OC(C)(C)C)=C(/C=C/C(=O)N(C)c1ccccc1)C(=O)OC(C)(C)C. The first kappa shape index (κ1) is 30.9. The summed E-state index contributed by atoms with van der Waals surface area (Å²) in [5, 5.41) is 0. The number of benzene rings is 1. The number of hydrogen-bond donors (Lipinski definition) is 0. The van der Waals surface area contributed by atoms with Crippen molar-refractivity contribution in [3.63, 3.8) is 0 Å². The Balaban J connectivity index is 3.53. The van der Waals surface area contributed by atoms with E-state index in [2.05, 4.69) is 13.5 Å². The topological polar surface area (TPSA) is 72.9 Å². The Morgan fingerprint density at radius 3 is 1.94 bits per heavy atom. The van der Waals surface area contributed by atoms with Crippen molar-refractivity contribution in [3.05, 3.63) is 65.8 Å². The number of likely N-dealkylation sites (N-methyl/N-ethyl adjacent to an activating group) is 1. The second kappa shape index (κ2) is 13.8. The van der Waals surface area contributed by atoms with E-state index in [1.54, 1.807) is 60.7 Å². The van der Waals surface area contributed by atoms with Crippen molar-refractivity contribution >= 4 is 23.5 Å². The zero-order valence-electron chi connectivity index (χ0n) is 23.3. The molecule has 0 saturated carbocycles. The molecule has 0 aromatic heterocycles. The summed E-state index contributed by atoms with van der Waals surface area (Å²) in [4.78, 5) is 41.0. The van der Waals surface area contributed by atoms with Gasteiger partial charge in [-0.15, -0.1) is 0 Å². The first-order valence-electron chi connectivity index (χ1n) is 12.6. The molecule has 0 heterocycles. The van der Waals surface area contributed by atoms with Crippen LogP contribution in [0.4, 0.5) is 5.69 Å². The average Bonchev–Trinajstić information content (AvgIpc) is 2.76. The van der Waals surface area contributed by atoms with E-state index in [-0.39, 0.29) is 17.1 Å². The summed E-state index contributed by atoms with van der Waals surface area (Å²) < 4.78 is 11.2. The van der Waals surface area contributed by atoms with Crippen molar-refractivity contribution in [2.75, 3.05) is 11.9 Å². The number of rotatable bonds is 11. The zero-order chi connectivity index (χ0) is 27.5. The van der Waals surface area contributed by atoms with Crippen molar-refractivity contribution in [1.29, 1.82) is 0 Å². The number of esters is 2. The van der Waals surface area contributed by atoms with Gasteiger partial charge in [-0.1, -0.05) is 51.0 Å². The molecule has 0 aliphatic rings. The molecule has 198 valence electrons. The van der Waals surface area contributed by atoms with Crippen LogP contribution in [-0.4, -0.2) is 36.1 Å². The third kappa shape index (κ3) is 11.1. The molecule has 0 aliphatic carbocycles. The normalized spacial score (nSPS) is 12.7. The predicted molar refractivity (Wildman–Crippen MR) is 146 cm³/mol. The summed E-state index contributed by atoms with van der Waals surface area (Å²) in [7, 11) is 1.64. The number of amides is 1. The van der Waals surface area contributed by atoms with Gasteiger partial charge in [-0.2, -0.15) is 0 Å². The maximum absolute atomic E-state index is 13.3. The highest BCUT2D eigenvalue weighted by molar-refractivity contribution is 6.07. The van der Waals surface area contributed by atoms with Crippen LogP contribution in [0.25, 0.3) is 0 Å². The smallest absolute Gasteiger partial charge is 0.339 e. The molecule has 1 aromatic carbocycles. The van der Waals surface area contributed by atoms with E-state index in [0.29, 0.717) is 17.7 Å². The number of carbonyl (C=O) groups is 3. The van der Waals surface area contributed by atoms with Crippen LogP contribution in [-0.2, 0) is 23.9 Å². The molecule has 0 saturated heterocycles. The Morgan fingerprint density at radius 1 is 0.861 bits per heavy atom. The lowest BCUT2D eigenvalue weighted by Gasteiger charge is -2.24. The molecule has 0 radical (unpaired) electrons. The van der Waals surface area contributed by atoms with Gasteiger partial charge >= 0.3 is 11.9 Å². The first-order valence-corrected chi connectivity index (χ1v) is 12.6. The minimum atomic E-state index is -0.803. The standard InChI is InChI=1S/C30H43NO5/c1-10-11-12-14-17-22(2)26(28(34)36-30(6,7)8)24(27(33)35-29(3,4)5)20-21-25(32)31(9)23-18-15-13-16-19-23/h13,15-16,18-21H,2,10-12,14,17H2,1,3-9H3/b21-20+,26-24+. The van der Waals surface area contributed by atoms with E-state index in [9.17, 15) is 14.4 Å². The number of anilines is 1. The number of hydrogen-bond acceptors (Lipinski definition) is 5. The van der Waals surface area contributed by atoms with Crippen LogP contribution in [0.3, 0.4) is 0 Å². The van der Waals surface area contributed by atoms with Crippen LogP contribution in [0.15, 0.2) is 65.8 Å². The Bertz CT molecular complexity index is 975. The van der Waals surface area contributed by atoms with Gasteiger partial charge < -0.3 is 14.4 Å². The number of nitrogens with zero attached hydrogens (tertiary/aromatic N) is 1. The quantitative estimate of drug-likeness (QED) is 0.147. The fourth-order valence-corrected chi connectivity index (χ4v) is 3.30. The summed E-state index contributed by atoms with van der Waals surface area (Å²) >= 11 is 0. The van der Waals surface area contributed by atoms with Gasteiger partial charge in [-0.25, -0.2) is 9.59 Å². The van der Waals surface area contributed by atoms with Gasteiger partial charge in [0.1, 0.15) is 11.2 Å². The number of carbonyl (C=O) groups excluding carboxylic acids is 3. The van der Waals surface area contributed by atoms with Crippen molar-refractivity contribution in [2.24, 2.45) is 0 Å². The second-order valence-corrected chi connectivity index (χ2v) is 10.8.